The number of aromatic nitrogens is 4. The molecule has 2 aromatic rings. The van der Waals surface area contributed by atoms with Crippen molar-refractivity contribution in [3.63, 3.8) is 0 Å². The molecule has 0 bridgehead atoms. The Morgan fingerprint density at radius 1 is 1.48 bits per heavy atom. The molecule has 0 fully saturated rings. The van der Waals surface area contributed by atoms with Gasteiger partial charge in [0.05, 0.1) is 11.9 Å². The van der Waals surface area contributed by atoms with Crippen molar-refractivity contribution in [2.45, 2.75) is 17.3 Å². The minimum absolute atomic E-state index is 0.0627. The van der Waals surface area contributed by atoms with Gasteiger partial charge in [0.1, 0.15) is 0 Å². The standard InChI is InChI=1S/C13H17N5O2S/c1-9(12(19)15-7-8-20-2)21-13-16-11(17-18-13)10-3-5-14-6-4-10/h3-6,9H,7-8H2,1-2H3,(H,15,19)(H,16,17,18)/t9-/m1/s1. The monoisotopic (exact) mass is 307 g/mol. The average Bonchev–Trinajstić information content (AvgIpc) is 2.97. The Morgan fingerprint density at radius 3 is 2.95 bits per heavy atom. The van der Waals surface area contributed by atoms with E-state index in [1.165, 1.54) is 11.8 Å². The van der Waals surface area contributed by atoms with Gasteiger partial charge < -0.3 is 10.1 Å². The molecule has 0 aromatic carbocycles. The molecule has 0 aliphatic rings. The highest BCUT2D eigenvalue weighted by atomic mass is 32.2. The second-order valence-electron chi connectivity index (χ2n) is 4.25. The van der Waals surface area contributed by atoms with Crippen molar-refractivity contribution in [1.29, 1.82) is 0 Å². The second-order valence-corrected chi connectivity index (χ2v) is 5.55. The highest BCUT2D eigenvalue weighted by Gasteiger charge is 2.16. The SMILES string of the molecule is COCCNC(=O)[C@@H](C)Sc1n[nH]c(-c2ccncc2)n1. The molecule has 2 heterocycles. The molecule has 8 heteroatoms. The summed E-state index contributed by atoms with van der Waals surface area (Å²) >= 11 is 1.30. The number of thioether (sulfide) groups is 1. The molecule has 0 radical (unpaired) electrons. The van der Waals surface area contributed by atoms with Crippen LogP contribution in [0.15, 0.2) is 29.7 Å². The number of hydrogen-bond donors (Lipinski definition) is 2. The summed E-state index contributed by atoms with van der Waals surface area (Å²) < 4.78 is 4.89. The number of hydrogen-bond acceptors (Lipinski definition) is 6. The summed E-state index contributed by atoms with van der Waals surface area (Å²) in [5.41, 5.74) is 0.904. The number of nitrogens with zero attached hydrogens (tertiary/aromatic N) is 3. The van der Waals surface area contributed by atoms with Crippen LogP contribution >= 0.6 is 11.8 Å². The first-order valence-electron chi connectivity index (χ1n) is 6.47. The summed E-state index contributed by atoms with van der Waals surface area (Å²) in [6.07, 6.45) is 3.38. The minimum Gasteiger partial charge on any atom is -0.383 e. The van der Waals surface area contributed by atoms with E-state index in [1.807, 2.05) is 19.1 Å². The molecule has 1 atom stereocenters. The highest BCUT2D eigenvalue weighted by Crippen LogP contribution is 2.22. The summed E-state index contributed by atoms with van der Waals surface area (Å²) in [5, 5.41) is 10.0. The van der Waals surface area contributed by atoms with Gasteiger partial charge >= 0.3 is 0 Å². The third-order valence-corrected chi connectivity index (χ3v) is 3.64. The highest BCUT2D eigenvalue weighted by molar-refractivity contribution is 8.00. The van der Waals surface area contributed by atoms with E-state index in [4.69, 9.17) is 4.74 Å². The van der Waals surface area contributed by atoms with Gasteiger partial charge in [-0.05, 0) is 19.1 Å². The van der Waals surface area contributed by atoms with Crippen LogP contribution in [0, 0.1) is 0 Å². The molecule has 0 unspecified atom stereocenters. The maximum absolute atomic E-state index is 11.8. The first-order chi connectivity index (χ1) is 10.2. The third-order valence-electron chi connectivity index (χ3n) is 2.68. The summed E-state index contributed by atoms with van der Waals surface area (Å²) in [6, 6.07) is 3.69. The zero-order valence-corrected chi connectivity index (χ0v) is 12.7. The number of methoxy groups -OCH3 is 1. The fourth-order valence-electron chi connectivity index (χ4n) is 1.57. The number of H-pyrrole nitrogens is 1. The number of amides is 1. The van der Waals surface area contributed by atoms with Crippen LogP contribution in [-0.2, 0) is 9.53 Å². The summed E-state index contributed by atoms with van der Waals surface area (Å²) in [6.45, 7) is 2.81. The van der Waals surface area contributed by atoms with E-state index >= 15 is 0 Å². The van der Waals surface area contributed by atoms with Gasteiger partial charge in [0.15, 0.2) is 5.82 Å². The molecule has 0 spiro atoms. The number of carbonyl (C=O) groups is 1. The largest absolute Gasteiger partial charge is 0.383 e. The molecule has 0 saturated carbocycles. The predicted octanol–water partition coefficient (Wildman–Crippen LogP) is 1.11. The number of nitrogens with one attached hydrogen (secondary N) is 2. The quantitative estimate of drug-likeness (QED) is 0.588. The molecule has 0 aliphatic heterocycles. The van der Waals surface area contributed by atoms with E-state index in [-0.39, 0.29) is 11.2 Å². The molecule has 7 nitrogen and oxygen atoms in total. The molecule has 2 rings (SSSR count). The summed E-state index contributed by atoms with van der Waals surface area (Å²) in [4.78, 5) is 20.2. The van der Waals surface area contributed by atoms with Gasteiger partial charge in [-0.15, -0.1) is 5.10 Å². The molecule has 0 saturated heterocycles. The number of pyridine rings is 1. The van der Waals surface area contributed by atoms with Crippen molar-refractivity contribution in [1.82, 2.24) is 25.5 Å². The van der Waals surface area contributed by atoms with Crippen molar-refractivity contribution in [2.24, 2.45) is 0 Å². The normalized spacial score (nSPS) is 12.1. The Balaban J connectivity index is 1.91. The molecule has 2 N–H and O–H groups in total. The van der Waals surface area contributed by atoms with Gasteiger partial charge in [-0.25, -0.2) is 4.98 Å². The van der Waals surface area contributed by atoms with Crippen LogP contribution in [0.3, 0.4) is 0 Å². The zero-order valence-electron chi connectivity index (χ0n) is 11.9. The van der Waals surface area contributed by atoms with E-state index in [9.17, 15) is 4.79 Å². The Labute approximate surface area is 126 Å². The van der Waals surface area contributed by atoms with Crippen molar-refractivity contribution in [3.8, 4) is 11.4 Å². The van der Waals surface area contributed by atoms with Crippen LogP contribution in [-0.4, -0.2) is 51.6 Å². The van der Waals surface area contributed by atoms with Crippen molar-refractivity contribution >= 4 is 17.7 Å². The Hall–Kier alpha value is -1.93. The van der Waals surface area contributed by atoms with Crippen LogP contribution < -0.4 is 5.32 Å². The first-order valence-corrected chi connectivity index (χ1v) is 7.34. The van der Waals surface area contributed by atoms with Crippen LogP contribution in [0.25, 0.3) is 11.4 Å². The lowest BCUT2D eigenvalue weighted by Gasteiger charge is -2.09. The summed E-state index contributed by atoms with van der Waals surface area (Å²) in [7, 11) is 1.60. The van der Waals surface area contributed by atoms with Crippen LogP contribution in [0.5, 0.6) is 0 Å². The Morgan fingerprint density at radius 2 is 2.24 bits per heavy atom. The lowest BCUT2D eigenvalue weighted by Crippen LogP contribution is -2.33. The molecule has 21 heavy (non-hydrogen) atoms. The number of aromatic amines is 1. The third kappa shape index (κ3) is 4.54. The fraction of sp³-hybridized carbons (Fsp3) is 0.385. The fourth-order valence-corrected chi connectivity index (χ4v) is 2.32. The van der Waals surface area contributed by atoms with Gasteiger partial charge in [0, 0.05) is 31.6 Å². The van der Waals surface area contributed by atoms with Gasteiger partial charge in [-0.1, -0.05) is 11.8 Å². The lowest BCUT2D eigenvalue weighted by atomic mass is 10.3. The average molecular weight is 307 g/mol. The van der Waals surface area contributed by atoms with Gasteiger partial charge in [-0.2, -0.15) is 0 Å². The van der Waals surface area contributed by atoms with Crippen LogP contribution in [0.1, 0.15) is 6.92 Å². The van der Waals surface area contributed by atoms with Crippen LogP contribution in [0.4, 0.5) is 0 Å². The number of carbonyl (C=O) groups excluding carboxylic acids is 1. The summed E-state index contributed by atoms with van der Waals surface area (Å²) in [5.74, 6) is 0.596. The van der Waals surface area contributed by atoms with Crippen molar-refractivity contribution in [2.75, 3.05) is 20.3 Å². The maximum atomic E-state index is 11.8. The molecule has 112 valence electrons. The molecule has 2 aromatic heterocycles. The van der Waals surface area contributed by atoms with E-state index in [0.717, 1.165) is 5.56 Å². The second kappa shape index (κ2) is 7.75. The van der Waals surface area contributed by atoms with Gasteiger partial charge in [0.2, 0.25) is 11.1 Å². The molecular weight excluding hydrogens is 290 g/mol. The lowest BCUT2D eigenvalue weighted by molar-refractivity contribution is -0.120. The van der Waals surface area contributed by atoms with E-state index < -0.39 is 0 Å². The van der Waals surface area contributed by atoms with Crippen LogP contribution in [0.2, 0.25) is 0 Å². The number of rotatable bonds is 7. The maximum Gasteiger partial charge on any atom is 0.233 e. The Kier molecular flexibility index (Phi) is 5.70. The first kappa shape index (κ1) is 15.5. The smallest absolute Gasteiger partial charge is 0.233 e. The Bertz CT molecular complexity index is 575. The van der Waals surface area contributed by atoms with Crippen molar-refractivity contribution in [3.05, 3.63) is 24.5 Å². The predicted molar refractivity (Wildman–Crippen MR) is 79.8 cm³/mol. The molecule has 1 amide bonds. The van der Waals surface area contributed by atoms with Crippen molar-refractivity contribution < 1.29 is 9.53 Å². The van der Waals surface area contributed by atoms with Gasteiger partial charge in [0.25, 0.3) is 0 Å². The topological polar surface area (TPSA) is 92.8 Å². The van der Waals surface area contributed by atoms with E-state index in [2.05, 4.69) is 25.5 Å². The van der Waals surface area contributed by atoms with E-state index in [0.29, 0.717) is 24.1 Å². The van der Waals surface area contributed by atoms with Gasteiger partial charge in [-0.3, -0.25) is 14.9 Å². The molecule has 0 aliphatic carbocycles. The molecular formula is C13H17N5O2S. The zero-order chi connectivity index (χ0) is 15.1. The van der Waals surface area contributed by atoms with E-state index in [1.54, 1.807) is 19.5 Å². The number of ether oxygens (including phenoxy) is 1. The minimum atomic E-state index is -0.275.